The van der Waals surface area contributed by atoms with Gasteiger partial charge in [-0.05, 0) is 55.6 Å². The van der Waals surface area contributed by atoms with Crippen molar-refractivity contribution in [1.29, 1.82) is 0 Å². The van der Waals surface area contributed by atoms with E-state index in [0.29, 0.717) is 12.4 Å². The third-order valence-electron chi connectivity index (χ3n) is 6.41. The molecule has 0 saturated carbocycles. The van der Waals surface area contributed by atoms with E-state index in [0.717, 1.165) is 61.1 Å². The van der Waals surface area contributed by atoms with Gasteiger partial charge in [-0.3, -0.25) is 14.3 Å². The highest BCUT2D eigenvalue weighted by molar-refractivity contribution is 7.11. The van der Waals surface area contributed by atoms with E-state index in [2.05, 4.69) is 46.1 Å². The lowest BCUT2D eigenvalue weighted by Crippen LogP contribution is -2.43. The Labute approximate surface area is 198 Å². The van der Waals surface area contributed by atoms with Gasteiger partial charge >= 0.3 is 0 Å². The Balaban J connectivity index is 1.27. The van der Waals surface area contributed by atoms with Crippen molar-refractivity contribution in [3.8, 4) is 5.75 Å². The highest BCUT2D eigenvalue weighted by atomic mass is 32.1. The highest BCUT2D eigenvalue weighted by Gasteiger charge is 2.17. The molecule has 172 valence electrons. The summed E-state index contributed by atoms with van der Waals surface area (Å²) in [5.41, 5.74) is 4.93. The molecule has 0 amide bonds. The van der Waals surface area contributed by atoms with Gasteiger partial charge in [0, 0.05) is 61.8 Å². The number of aryl methyl sites for hydroxylation is 2. The average Bonchev–Trinajstić information content (AvgIpc) is 3.24. The van der Waals surface area contributed by atoms with Crippen molar-refractivity contribution in [2.75, 3.05) is 33.2 Å². The minimum Gasteiger partial charge on any atom is -0.486 e. The molecule has 0 unspecified atom stereocenters. The van der Waals surface area contributed by atoms with Crippen LogP contribution in [0, 0.1) is 6.92 Å². The van der Waals surface area contributed by atoms with E-state index in [4.69, 9.17) is 4.74 Å². The second kappa shape index (κ2) is 9.63. The van der Waals surface area contributed by atoms with E-state index in [9.17, 15) is 4.79 Å². The number of rotatable bonds is 6. The number of hydrogen-bond donors (Lipinski definition) is 0. The third kappa shape index (κ3) is 5.27. The van der Waals surface area contributed by atoms with Gasteiger partial charge in [-0.2, -0.15) is 0 Å². The fourth-order valence-corrected chi connectivity index (χ4v) is 5.18. The van der Waals surface area contributed by atoms with Crippen LogP contribution in [0.5, 0.6) is 5.75 Å². The maximum Gasteiger partial charge on any atom is 0.258 e. The summed E-state index contributed by atoms with van der Waals surface area (Å²) in [5, 5.41) is 0.912. The van der Waals surface area contributed by atoms with E-state index in [1.165, 1.54) is 16.7 Å². The molecular formula is C26H30N4O2S. The van der Waals surface area contributed by atoms with Crippen molar-refractivity contribution in [3.63, 3.8) is 0 Å². The molecule has 0 bridgehead atoms. The second-order valence-electron chi connectivity index (χ2n) is 8.97. The normalized spacial score (nSPS) is 17.0. The van der Waals surface area contributed by atoms with Crippen molar-refractivity contribution >= 4 is 23.1 Å². The number of fused-ring (bicyclic) bond motifs is 1. The Morgan fingerprint density at radius 1 is 1.09 bits per heavy atom. The van der Waals surface area contributed by atoms with Crippen LogP contribution in [0.25, 0.3) is 11.8 Å². The Morgan fingerprint density at radius 2 is 1.94 bits per heavy atom. The lowest BCUT2D eigenvalue weighted by atomic mass is 9.93. The van der Waals surface area contributed by atoms with Gasteiger partial charge in [-0.1, -0.05) is 18.2 Å². The molecule has 33 heavy (non-hydrogen) atoms. The maximum atomic E-state index is 12.8. The first-order valence-corrected chi connectivity index (χ1v) is 12.4. The van der Waals surface area contributed by atoms with E-state index in [1.807, 2.05) is 25.4 Å². The van der Waals surface area contributed by atoms with Gasteiger partial charge in [-0.25, -0.2) is 4.98 Å². The summed E-state index contributed by atoms with van der Waals surface area (Å²) in [7, 11) is 2.19. The molecule has 1 aliphatic carbocycles. The molecule has 1 saturated heterocycles. The Morgan fingerprint density at radius 3 is 2.70 bits per heavy atom. The summed E-state index contributed by atoms with van der Waals surface area (Å²) >= 11 is 1.61. The highest BCUT2D eigenvalue weighted by Crippen LogP contribution is 2.28. The fourth-order valence-electron chi connectivity index (χ4n) is 4.48. The van der Waals surface area contributed by atoms with Gasteiger partial charge in [0.2, 0.25) is 0 Å². The van der Waals surface area contributed by atoms with Gasteiger partial charge in [0.25, 0.3) is 5.56 Å². The van der Waals surface area contributed by atoms with Crippen LogP contribution in [0.4, 0.5) is 0 Å². The monoisotopic (exact) mass is 462 g/mol. The number of benzene rings is 1. The van der Waals surface area contributed by atoms with E-state index < -0.39 is 0 Å². The predicted molar refractivity (Wildman–Crippen MR) is 134 cm³/mol. The number of aromatic nitrogens is 2. The fraction of sp³-hybridized carbons (Fsp3) is 0.385. The van der Waals surface area contributed by atoms with Gasteiger partial charge < -0.3 is 9.64 Å². The van der Waals surface area contributed by atoms with Crippen LogP contribution in [-0.4, -0.2) is 52.6 Å². The van der Waals surface area contributed by atoms with Crippen LogP contribution >= 0.6 is 11.3 Å². The van der Waals surface area contributed by atoms with Crippen molar-refractivity contribution in [2.24, 2.45) is 0 Å². The van der Waals surface area contributed by atoms with E-state index in [-0.39, 0.29) is 5.56 Å². The van der Waals surface area contributed by atoms with Crippen molar-refractivity contribution in [1.82, 2.24) is 19.4 Å². The molecule has 5 rings (SSSR count). The summed E-state index contributed by atoms with van der Waals surface area (Å²) in [4.78, 5) is 23.2. The first-order chi connectivity index (χ1) is 16.0. The average molecular weight is 463 g/mol. The summed E-state index contributed by atoms with van der Waals surface area (Å²) in [5.74, 6) is 0.578. The molecule has 0 N–H and O–H groups in total. The second-order valence-corrected chi connectivity index (χ2v) is 10.3. The third-order valence-corrected chi connectivity index (χ3v) is 7.30. The smallest absolute Gasteiger partial charge is 0.258 e. The Hall–Kier alpha value is -2.74. The molecule has 1 aliphatic heterocycles. The SMILES string of the molecule is Cc1cnc(COc2ccn(C3=Cc4ccc(CN5CCN(C)CC5)cc4CC3)c(=O)c2)s1. The molecule has 2 aliphatic rings. The van der Waals surface area contributed by atoms with Gasteiger partial charge in [0.1, 0.15) is 17.4 Å². The zero-order valence-corrected chi connectivity index (χ0v) is 20.1. The van der Waals surface area contributed by atoms with Crippen LogP contribution in [0.15, 0.2) is 47.5 Å². The lowest BCUT2D eigenvalue weighted by molar-refractivity contribution is 0.148. The lowest BCUT2D eigenvalue weighted by Gasteiger charge is -2.32. The number of nitrogens with zero attached hydrogens (tertiary/aromatic N) is 4. The molecule has 6 nitrogen and oxygen atoms in total. The standard InChI is InChI=1S/C26H30N4O2S/c1-19-16-27-25(33-19)18-32-24-7-8-30(26(31)15-24)23-6-5-21-13-20(3-4-22(21)14-23)17-29-11-9-28(2)10-12-29/h3-4,7-8,13-16H,5-6,9-12,17-18H2,1-2H3. The molecule has 1 aromatic carbocycles. The Bertz CT molecular complexity index is 1220. The van der Waals surface area contributed by atoms with E-state index in [1.54, 1.807) is 22.0 Å². The molecule has 2 aromatic heterocycles. The number of ether oxygens (including phenoxy) is 1. The topological polar surface area (TPSA) is 50.6 Å². The largest absolute Gasteiger partial charge is 0.486 e. The van der Waals surface area contributed by atoms with Crippen molar-refractivity contribution in [2.45, 2.75) is 32.9 Å². The van der Waals surface area contributed by atoms with Gasteiger partial charge in [-0.15, -0.1) is 11.3 Å². The Kier molecular flexibility index (Phi) is 6.44. The molecular weight excluding hydrogens is 432 g/mol. The molecule has 3 heterocycles. The first-order valence-electron chi connectivity index (χ1n) is 11.5. The quantitative estimate of drug-likeness (QED) is 0.556. The van der Waals surface area contributed by atoms with Crippen molar-refractivity contribution < 1.29 is 4.74 Å². The van der Waals surface area contributed by atoms with E-state index >= 15 is 0 Å². The summed E-state index contributed by atoms with van der Waals surface area (Å²) in [6.45, 7) is 7.95. The number of hydrogen-bond acceptors (Lipinski definition) is 6. The molecule has 3 aromatic rings. The summed E-state index contributed by atoms with van der Waals surface area (Å²) in [6, 6.07) is 10.2. The van der Waals surface area contributed by atoms with Crippen LogP contribution in [0.1, 0.15) is 33.0 Å². The van der Waals surface area contributed by atoms with Crippen LogP contribution < -0.4 is 10.3 Å². The molecule has 0 spiro atoms. The number of pyridine rings is 1. The van der Waals surface area contributed by atoms with Crippen molar-refractivity contribution in [3.05, 3.63) is 79.7 Å². The molecule has 7 heteroatoms. The predicted octanol–water partition coefficient (Wildman–Crippen LogP) is 3.88. The molecule has 0 atom stereocenters. The van der Waals surface area contributed by atoms with Gasteiger partial charge in [0.05, 0.1) is 0 Å². The number of likely N-dealkylation sites (N-methyl/N-ethyl adjacent to an activating group) is 1. The minimum absolute atomic E-state index is 0.0656. The van der Waals surface area contributed by atoms with Crippen LogP contribution in [-0.2, 0) is 19.6 Å². The first kappa shape index (κ1) is 22.1. The molecule has 0 radical (unpaired) electrons. The maximum absolute atomic E-state index is 12.8. The molecule has 1 fully saturated rings. The zero-order chi connectivity index (χ0) is 22.8. The summed E-state index contributed by atoms with van der Waals surface area (Å²) in [6.07, 6.45) is 7.61. The number of piperazine rings is 1. The zero-order valence-electron chi connectivity index (χ0n) is 19.3. The number of allylic oxidation sites excluding steroid dienone is 1. The van der Waals surface area contributed by atoms with Gasteiger partial charge in [0.15, 0.2) is 0 Å². The number of thiazole rings is 1. The minimum atomic E-state index is -0.0656. The van der Waals surface area contributed by atoms with Crippen LogP contribution in [0.2, 0.25) is 0 Å². The van der Waals surface area contributed by atoms with Crippen LogP contribution in [0.3, 0.4) is 0 Å². The summed E-state index contributed by atoms with van der Waals surface area (Å²) < 4.78 is 7.51.